The van der Waals surface area contributed by atoms with E-state index in [0.717, 1.165) is 31.2 Å². The van der Waals surface area contributed by atoms with E-state index < -0.39 is 11.9 Å². The number of hydrogen-bond donors (Lipinski definition) is 1. The van der Waals surface area contributed by atoms with Crippen LogP contribution < -0.4 is 10.1 Å². The Morgan fingerprint density at radius 2 is 1.85 bits per heavy atom. The van der Waals surface area contributed by atoms with Crippen molar-refractivity contribution in [2.75, 3.05) is 26.9 Å². The summed E-state index contributed by atoms with van der Waals surface area (Å²) in [6, 6.07) is 12.0. The summed E-state index contributed by atoms with van der Waals surface area (Å²) in [6.45, 7) is 2.93. The number of hydrogen-bond acceptors (Lipinski definition) is 7. The number of carbonyl (C=O) groups excluding carboxylic acids is 2. The van der Waals surface area contributed by atoms with Gasteiger partial charge < -0.3 is 19.7 Å². The van der Waals surface area contributed by atoms with Crippen LogP contribution in [0.2, 0.25) is 0 Å². The van der Waals surface area contributed by atoms with Crippen molar-refractivity contribution in [3.63, 3.8) is 0 Å². The zero-order valence-electron chi connectivity index (χ0n) is 22.4. The fourth-order valence-corrected chi connectivity index (χ4v) is 4.72. The Kier molecular flexibility index (Phi) is 9.96. The van der Waals surface area contributed by atoms with Gasteiger partial charge in [0.1, 0.15) is 24.2 Å². The highest BCUT2D eigenvalue weighted by molar-refractivity contribution is 5.89. The molecule has 0 saturated heterocycles. The standard InChI is InChI=1S/C28H35FN6O4/c1-3-39-18-6-17-34(25(36)19-35-32-27(31-33-35)21-11-15-24(38-2)16-12-21)26(20-9-13-22(29)14-10-20)28(37)30-23-7-4-5-8-23/h9-16,23,26H,3-8,17-19H2,1-2H3,(H,30,37). The summed E-state index contributed by atoms with van der Waals surface area (Å²) in [5.41, 5.74) is 1.25. The predicted octanol–water partition coefficient (Wildman–Crippen LogP) is 3.54. The molecule has 11 heteroatoms. The third-order valence-electron chi connectivity index (χ3n) is 6.74. The van der Waals surface area contributed by atoms with Gasteiger partial charge in [-0.05, 0) is 73.4 Å². The van der Waals surface area contributed by atoms with Crippen LogP contribution in [0.25, 0.3) is 11.4 Å². The van der Waals surface area contributed by atoms with Crippen LogP contribution in [0.5, 0.6) is 5.75 Å². The second-order valence-corrected chi connectivity index (χ2v) is 9.45. The van der Waals surface area contributed by atoms with E-state index >= 15 is 0 Å². The number of nitrogens with zero attached hydrogens (tertiary/aromatic N) is 5. The van der Waals surface area contributed by atoms with Gasteiger partial charge in [0.05, 0.1) is 7.11 Å². The van der Waals surface area contributed by atoms with Gasteiger partial charge in [-0.2, -0.15) is 4.80 Å². The second kappa shape index (κ2) is 13.8. The molecule has 0 spiro atoms. The summed E-state index contributed by atoms with van der Waals surface area (Å²) < 4.78 is 24.4. The van der Waals surface area contributed by atoms with Gasteiger partial charge in [0.2, 0.25) is 17.6 Å². The lowest BCUT2D eigenvalue weighted by atomic mass is 10.0. The number of halogens is 1. The number of benzene rings is 2. The summed E-state index contributed by atoms with van der Waals surface area (Å²) in [4.78, 5) is 30.1. The smallest absolute Gasteiger partial charge is 0.247 e. The van der Waals surface area contributed by atoms with Crippen LogP contribution in [-0.2, 0) is 20.9 Å². The molecule has 1 saturated carbocycles. The van der Waals surface area contributed by atoms with E-state index in [1.165, 1.54) is 21.8 Å². The lowest BCUT2D eigenvalue weighted by Gasteiger charge is -2.32. The van der Waals surface area contributed by atoms with Crippen LogP contribution in [0, 0.1) is 5.82 Å². The molecule has 1 unspecified atom stereocenters. The molecule has 3 aromatic rings. The maximum Gasteiger partial charge on any atom is 0.247 e. The maximum atomic E-state index is 13.8. The average Bonchev–Trinajstić information content (AvgIpc) is 3.63. The summed E-state index contributed by atoms with van der Waals surface area (Å²) in [6.07, 6.45) is 4.43. The number of tetrazole rings is 1. The fraction of sp³-hybridized carbons (Fsp3) is 0.464. The van der Waals surface area contributed by atoms with Crippen molar-refractivity contribution in [3.8, 4) is 17.1 Å². The number of nitrogens with one attached hydrogen (secondary N) is 1. The van der Waals surface area contributed by atoms with E-state index in [2.05, 4.69) is 20.7 Å². The molecule has 1 aromatic heterocycles. The number of amides is 2. The van der Waals surface area contributed by atoms with Crippen molar-refractivity contribution in [3.05, 3.63) is 59.9 Å². The Bertz CT molecular complexity index is 1210. The molecule has 1 N–H and O–H groups in total. The molecule has 1 atom stereocenters. The normalized spacial score (nSPS) is 14.2. The first kappa shape index (κ1) is 28.2. The van der Waals surface area contributed by atoms with Gasteiger partial charge in [0.25, 0.3) is 0 Å². The van der Waals surface area contributed by atoms with Crippen LogP contribution >= 0.6 is 0 Å². The highest BCUT2D eigenvalue weighted by Crippen LogP contribution is 2.25. The Hall–Kier alpha value is -3.86. The molecule has 0 radical (unpaired) electrons. The average molecular weight is 539 g/mol. The van der Waals surface area contributed by atoms with E-state index in [9.17, 15) is 14.0 Å². The minimum atomic E-state index is -0.940. The van der Waals surface area contributed by atoms with Gasteiger partial charge in [0.15, 0.2) is 0 Å². The van der Waals surface area contributed by atoms with E-state index in [4.69, 9.17) is 9.47 Å². The second-order valence-electron chi connectivity index (χ2n) is 9.45. The minimum Gasteiger partial charge on any atom is -0.497 e. The Labute approximate surface area is 227 Å². The number of methoxy groups -OCH3 is 1. The van der Waals surface area contributed by atoms with Gasteiger partial charge in [-0.25, -0.2) is 4.39 Å². The van der Waals surface area contributed by atoms with Crippen LogP contribution in [-0.4, -0.2) is 69.8 Å². The molecule has 0 aliphatic heterocycles. The molecule has 1 fully saturated rings. The predicted molar refractivity (Wildman–Crippen MR) is 142 cm³/mol. The van der Waals surface area contributed by atoms with Crippen molar-refractivity contribution in [1.29, 1.82) is 0 Å². The molecule has 1 aliphatic carbocycles. The molecule has 2 amide bonds. The Morgan fingerprint density at radius 3 is 2.51 bits per heavy atom. The number of carbonyl (C=O) groups is 2. The molecular weight excluding hydrogens is 503 g/mol. The van der Waals surface area contributed by atoms with Gasteiger partial charge >= 0.3 is 0 Å². The molecular formula is C28H35FN6O4. The van der Waals surface area contributed by atoms with Crippen molar-refractivity contribution in [2.45, 2.75) is 57.7 Å². The van der Waals surface area contributed by atoms with E-state index in [-0.39, 0.29) is 30.9 Å². The molecule has 208 valence electrons. The summed E-state index contributed by atoms with van der Waals surface area (Å²) in [5.74, 6) is -0.000226. The third kappa shape index (κ3) is 7.60. The van der Waals surface area contributed by atoms with Gasteiger partial charge in [-0.1, -0.05) is 25.0 Å². The molecule has 0 bridgehead atoms. The highest BCUT2D eigenvalue weighted by Gasteiger charge is 2.33. The Morgan fingerprint density at radius 1 is 1.13 bits per heavy atom. The van der Waals surface area contributed by atoms with E-state index in [0.29, 0.717) is 36.8 Å². The van der Waals surface area contributed by atoms with Gasteiger partial charge in [0, 0.05) is 31.4 Å². The zero-order chi connectivity index (χ0) is 27.6. The summed E-state index contributed by atoms with van der Waals surface area (Å²) >= 11 is 0. The van der Waals surface area contributed by atoms with E-state index in [1.807, 2.05) is 6.92 Å². The topological polar surface area (TPSA) is 111 Å². The molecule has 4 rings (SSSR count). The first-order chi connectivity index (χ1) is 19.0. The van der Waals surface area contributed by atoms with Crippen molar-refractivity contribution in [2.24, 2.45) is 0 Å². The van der Waals surface area contributed by atoms with Gasteiger partial charge in [-0.15, -0.1) is 10.2 Å². The Balaban J connectivity index is 1.57. The lowest BCUT2D eigenvalue weighted by molar-refractivity contribution is -0.142. The van der Waals surface area contributed by atoms with Crippen molar-refractivity contribution >= 4 is 11.8 Å². The maximum absolute atomic E-state index is 13.8. The molecule has 2 aromatic carbocycles. The summed E-state index contributed by atoms with van der Waals surface area (Å²) in [5, 5.41) is 15.6. The molecule has 10 nitrogen and oxygen atoms in total. The van der Waals surface area contributed by atoms with E-state index in [1.54, 1.807) is 43.5 Å². The number of aromatic nitrogens is 4. The van der Waals surface area contributed by atoms with Crippen molar-refractivity contribution < 1.29 is 23.5 Å². The van der Waals surface area contributed by atoms with Gasteiger partial charge in [-0.3, -0.25) is 9.59 Å². The number of ether oxygens (including phenoxy) is 2. The van der Waals surface area contributed by atoms with Crippen LogP contribution in [0.3, 0.4) is 0 Å². The zero-order valence-corrected chi connectivity index (χ0v) is 22.4. The molecule has 1 heterocycles. The largest absolute Gasteiger partial charge is 0.497 e. The summed E-state index contributed by atoms with van der Waals surface area (Å²) in [7, 11) is 1.59. The van der Waals surface area contributed by atoms with Crippen LogP contribution in [0.4, 0.5) is 4.39 Å². The fourth-order valence-electron chi connectivity index (χ4n) is 4.72. The van der Waals surface area contributed by atoms with Crippen molar-refractivity contribution in [1.82, 2.24) is 30.4 Å². The quantitative estimate of drug-likeness (QED) is 0.331. The third-order valence-corrected chi connectivity index (χ3v) is 6.74. The molecule has 1 aliphatic rings. The SMILES string of the molecule is CCOCCCN(C(=O)Cn1nnc(-c2ccc(OC)cc2)n1)C(C(=O)NC1CCCC1)c1ccc(F)cc1. The highest BCUT2D eigenvalue weighted by atomic mass is 19.1. The van der Waals surface area contributed by atoms with Crippen LogP contribution in [0.15, 0.2) is 48.5 Å². The lowest BCUT2D eigenvalue weighted by Crippen LogP contribution is -2.47. The number of rotatable bonds is 13. The molecule has 39 heavy (non-hydrogen) atoms. The van der Waals surface area contributed by atoms with Crippen LogP contribution in [0.1, 0.15) is 50.6 Å². The monoisotopic (exact) mass is 538 g/mol. The minimum absolute atomic E-state index is 0.0601. The first-order valence-corrected chi connectivity index (χ1v) is 13.3. The first-order valence-electron chi connectivity index (χ1n) is 13.3.